The first-order valence-electron chi connectivity index (χ1n) is 7.03. The van der Waals surface area contributed by atoms with Crippen LogP contribution in [-0.4, -0.2) is 20.6 Å². The molecule has 122 valence electrons. The van der Waals surface area contributed by atoms with Crippen molar-refractivity contribution in [2.75, 3.05) is 5.32 Å². The molecule has 7 nitrogen and oxygen atoms in total. The van der Waals surface area contributed by atoms with Gasteiger partial charge in [0.1, 0.15) is 5.82 Å². The zero-order chi connectivity index (χ0) is 17.1. The van der Waals surface area contributed by atoms with Crippen molar-refractivity contribution in [3.05, 3.63) is 51.5 Å². The molecule has 1 unspecified atom stereocenters. The van der Waals surface area contributed by atoms with Crippen molar-refractivity contribution < 1.29 is 14.1 Å². The summed E-state index contributed by atoms with van der Waals surface area (Å²) in [6.07, 6.45) is 0. The highest BCUT2D eigenvalue weighted by Gasteiger charge is 2.20. The van der Waals surface area contributed by atoms with Crippen molar-refractivity contribution in [2.24, 2.45) is 5.92 Å². The lowest BCUT2D eigenvalue weighted by atomic mass is 10.1. The largest absolute Gasteiger partial charge is 0.390 e. The molecule has 0 saturated heterocycles. The third-order valence-electron chi connectivity index (χ3n) is 3.49. The van der Waals surface area contributed by atoms with Gasteiger partial charge in [-0.1, -0.05) is 13.0 Å². The summed E-state index contributed by atoms with van der Waals surface area (Å²) in [5.41, 5.74) is 1.46. The number of aryl methyl sites for hydroxylation is 2. The van der Waals surface area contributed by atoms with Crippen LogP contribution in [0, 0.1) is 35.7 Å². The molecule has 1 aromatic heterocycles. The topological polar surface area (TPSA) is 90.1 Å². The molecule has 0 aliphatic heterocycles. The Kier molecular flexibility index (Phi) is 4.73. The number of rotatable bonds is 5. The lowest BCUT2D eigenvalue weighted by molar-refractivity contribution is -0.389. The van der Waals surface area contributed by atoms with Gasteiger partial charge in [-0.3, -0.25) is 4.79 Å². The van der Waals surface area contributed by atoms with E-state index in [1.807, 2.05) is 0 Å². The van der Waals surface area contributed by atoms with E-state index in [9.17, 15) is 19.3 Å². The number of carbonyl (C=O) groups excluding carboxylic acids is 1. The quantitative estimate of drug-likeness (QED) is 0.677. The van der Waals surface area contributed by atoms with Crippen LogP contribution in [0.3, 0.4) is 0 Å². The Labute approximate surface area is 132 Å². The number of benzene rings is 1. The molecule has 0 saturated carbocycles. The molecule has 0 fully saturated rings. The second-order valence-corrected chi connectivity index (χ2v) is 5.44. The van der Waals surface area contributed by atoms with Crippen LogP contribution < -0.4 is 5.32 Å². The van der Waals surface area contributed by atoms with Crippen molar-refractivity contribution in [1.29, 1.82) is 0 Å². The zero-order valence-electron chi connectivity index (χ0n) is 13.0. The molecule has 2 rings (SSSR count). The van der Waals surface area contributed by atoms with Gasteiger partial charge in [0, 0.05) is 5.69 Å². The number of carbonyl (C=O) groups is 1. The van der Waals surface area contributed by atoms with Crippen LogP contribution in [0.2, 0.25) is 0 Å². The highest BCUT2D eigenvalue weighted by atomic mass is 19.1. The first-order valence-corrected chi connectivity index (χ1v) is 7.03. The summed E-state index contributed by atoms with van der Waals surface area (Å²) in [7, 11) is 0. The minimum Gasteiger partial charge on any atom is -0.358 e. The van der Waals surface area contributed by atoms with Gasteiger partial charge < -0.3 is 15.4 Å². The van der Waals surface area contributed by atoms with Crippen molar-refractivity contribution in [1.82, 2.24) is 9.78 Å². The molecule has 1 amide bonds. The minimum atomic E-state index is -0.580. The standard InChI is InChI=1S/C15H17FN4O3/c1-9-4-5-12(7-13(9)16)17-15(21)10(2)8-19-11(3)6-14(18-19)20(22)23/h4-7,10H,8H2,1-3H3,(H,17,21). The van der Waals surface area contributed by atoms with Gasteiger partial charge >= 0.3 is 5.82 Å². The van der Waals surface area contributed by atoms with Gasteiger partial charge in [0.2, 0.25) is 5.91 Å². The first kappa shape index (κ1) is 16.6. The van der Waals surface area contributed by atoms with Crippen molar-refractivity contribution in [2.45, 2.75) is 27.3 Å². The van der Waals surface area contributed by atoms with Gasteiger partial charge in [-0.2, -0.15) is 4.68 Å². The smallest absolute Gasteiger partial charge is 0.358 e. The van der Waals surface area contributed by atoms with Crippen molar-refractivity contribution in [3.63, 3.8) is 0 Å². The SMILES string of the molecule is Cc1ccc(NC(=O)C(C)Cn2nc([N+](=O)[O-])cc2C)cc1F. The Morgan fingerprint density at radius 1 is 1.43 bits per heavy atom. The van der Waals surface area contributed by atoms with Gasteiger partial charge in [-0.25, -0.2) is 4.39 Å². The summed E-state index contributed by atoms with van der Waals surface area (Å²) in [5, 5.41) is 17.2. The van der Waals surface area contributed by atoms with Crippen LogP contribution >= 0.6 is 0 Å². The van der Waals surface area contributed by atoms with Gasteiger partial charge in [-0.05, 0) is 36.5 Å². The van der Waals surface area contributed by atoms with E-state index in [0.29, 0.717) is 16.9 Å². The monoisotopic (exact) mass is 320 g/mol. The number of nitrogens with zero attached hydrogens (tertiary/aromatic N) is 3. The average molecular weight is 320 g/mol. The van der Waals surface area contributed by atoms with Gasteiger partial charge in [0.25, 0.3) is 0 Å². The van der Waals surface area contributed by atoms with Crippen LogP contribution in [0.15, 0.2) is 24.3 Å². The van der Waals surface area contributed by atoms with E-state index < -0.39 is 16.7 Å². The molecular weight excluding hydrogens is 303 g/mol. The molecule has 0 aliphatic carbocycles. The first-order chi connectivity index (χ1) is 10.8. The lowest BCUT2D eigenvalue weighted by Gasteiger charge is -2.12. The number of nitrogens with one attached hydrogen (secondary N) is 1. The van der Waals surface area contributed by atoms with Crippen LogP contribution in [-0.2, 0) is 11.3 Å². The maximum atomic E-state index is 13.5. The Hall–Kier alpha value is -2.77. The van der Waals surface area contributed by atoms with Crippen molar-refractivity contribution >= 4 is 17.4 Å². The number of aromatic nitrogens is 2. The lowest BCUT2D eigenvalue weighted by Crippen LogP contribution is -2.25. The van der Waals surface area contributed by atoms with E-state index >= 15 is 0 Å². The van der Waals surface area contributed by atoms with Crippen LogP contribution in [0.25, 0.3) is 0 Å². The second kappa shape index (κ2) is 6.55. The number of hydrogen-bond acceptors (Lipinski definition) is 4. The summed E-state index contributed by atoms with van der Waals surface area (Å²) in [6.45, 7) is 5.18. The summed E-state index contributed by atoms with van der Waals surface area (Å²) in [4.78, 5) is 22.3. The summed E-state index contributed by atoms with van der Waals surface area (Å²) >= 11 is 0. The summed E-state index contributed by atoms with van der Waals surface area (Å²) in [6, 6.07) is 5.80. The van der Waals surface area contributed by atoms with Crippen LogP contribution in [0.1, 0.15) is 18.2 Å². The molecule has 0 radical (unpaired) electrons. The fraction of sp³-hybridized carbons (Fsp3) is 0.333. The summed E-state index contributed by atoms with van der Waals surface area (Å²) < 4.78 is 14.9. The summed E-state index contributed by atoms with van der Waals surface area (Å²) in [5.74, 6) is -1.45. The Balaban J connectivity index is 2.05. The second-order valence-electron chi connectivity index (χ2n) is 5.44. The number of halogens is 1. The maximum Gasteiger partial charge on any atom is 0.390 e. The molecule has 1 aromatic carbocycles. The van der Waals surface area contributed by atoms with Crippen LogP contribution in [0.4, 0.5) is 15.9 Å². The fourth-order valence-corrected chi connectivity index (χ4v) is 2.05. The number of amides is 1. The molecular formula is C15H17FN4O3. The van der Waals surface area contributed by atoms with E-state index in [1.54, 1.807) is 32.9 Å². The molecule has 2 aromatic rings. The molecule has 0 bridgehead atoms. The van der Waals surface area contributed by atoms with E-state index in [2.05, 4.69) is 10.4 Å². The van der Waals surface area contributed by atoms with Gasteiger partial charge in [0.05, 0.1) is 29.3 Å². The molecule has 1 heterocycles. The van der Waals surface area contributed by atoms with Crippen LogP contribution in [0.5, 0.6) is 0 Å². The minimum absolute atomic E-state index is 0.194. The number of hydrogen-bond donors (Lipinski definition) is 1. The number of nitro groups is 1. The van der Waals surface area contributed by atoms with Gasteiger partial charge in [0.15, 0.2) is 0 Å². The Bertz CT molecular complexity index is 757. The molecule has 1 N–H and O–H groups in total. The maximum absolute atomic E-state index is 13.5. The van der Waals surface area contributed by atoms with E-state index in [-0.39, 0.29) is 18.3 Å². The molecule has 0 spiro atoms. The highest BCUT2D eigenvalue weighted by Crippen LogP contribution is 2.16. The normalized spacial score (nSPS) is 12.0. The fourth-order valence-electron chi connectivity index (χ4n) is 2.05. The predicted molar refractivity (Wildman–Crippen MR) is 82.5 cm³/mol. The third-order valence-corrected chi connectivity index (χ3v) is 3.49. The Morgan fingerprint density at radius 2 is 2.13 bits per heavy atom. The Morgan fingerprint density at radius 3 is 2.70 bits per heavy atom. The third kappa shape index (κ3) is 3.91. The highest BCUT2D eigenvalue weighted by molar-refractivity contribution is 5.92. The van der Waals surface area contributed by atoms with E-state index in [1.165, 1.54) is 16.8 Å². The predicted octanol–water partition coefficient (Wildman–Crippen LogP) is 2.82. The van der Waals surface area contributed by atoms with Crippen molar-refractivity contribution in [3.8, 4) is 0 Å². The molecule has 0 aliphatic rings. The zero-order valence-corrected chi connectivity index (χ0v) is 13.0. The number of anilines is 1. The van der Waals surface area contributed by atoms with E-state index in [0.717, 1.165) is 0 Å². The average Bonchev–Trinajstić information content (AvgIpc) is 2.84. The van der Waals surface area contributed by atoms with E-state index in [4.69, 9.17) is 0 Å². The molecule has 23 heavy (non-hydrogen) atoms. The van der Waals surface area contributed by atoms with Gasteiger partial charge in [-0.15, -0.1) is 0 Å². The molecule has 1 atom stereocenters. The molecule has 8 heteroatoms.